The van der Waals surface area contributed by atoms with Crippen LogP contribution in [0.15, 0.2) is 174 Å². The fraction of sp³-hybridized carbons (Fsp3) is 0. The van der Waals surface area contributed by atoms with Crippen LogP contribution in [-0.2, 0) is 0 Å². The van der Waals surface area contributed by atoms with Crippen molar-refractivity contribution in [1.29, 1.82) is 0 Å². The van der Waals surface area contributed by atoms with Crippen molar-refractivity contribution < 1.29 is 9.90 Å². The minimum atomic E-state index is -0.879. The fourth-order valence-electron chi connectivity index (χ4n) is 3.67. The molecule has 8 nitrogen and oxygen atoms in total. The average molecular weight is 623 g/mol. The molecule has 0 heterocycles. The Morgan fingerprint density at radius 2 is 0.723 bits per heavy atom. The monoisotopic (exact) mass is 622 g/mol. The van der Waals surface area contributed by atoms with E-state index in [4.69, 9.17) is 28.0 Å². The lowest BCUT2D eigenvalue weighted by Crippen LogP contribution is -1.93. The Balaban J connectivity index is 0.000000177. The largest absolute Gasteiger partial charge is 0.478 e. The molecule has 0 spiro atoms. The van der Waals surface area contributed by atoms with Crippen LogP contribution in [0.3, 0.4) is 0 Å². The standard InChI is InChI=1S/2C13H12N2.C7H6O2.C6H8N2/c2*14-12-8-4-5-9-13(12)15-10-11-6-2-1-3-7-11;8-7(9)6-4-2-1-3-5-6;7-5-3-1-2-4-6(5)8/h2*1-10H,14H2;1-5H,(H,8,9);1-4H,7-8H2. The van der Waals surface area contributed by atoms with Crippen LogP contribution in [-0.4, -0.2) is 23.5 Å². The van der Waals surface area contributed by atoms with Gasteiger partial charge in [-0.05, 0) is 59.7 Å². The van der Waals surface area contributed by atoms with Crippen LogP contribution in [0.4, 0.5) is 34.1 Å². The molecule has 0 atom stereocenters. The third kappa shape index (κ3) is 13.2. The number of para-hydroxylation sites is 6. The highest BCUT2D eigenvalue weighted by Crippen LogP contribution is 2.21. The molecule has 6 aromatic carbocycles. The van der Waals surface area contributed by atoms with E-state index in [1.54, 1.807) is 42.5 Å². The average Bonchev–Trinajstić information content (AvgIpc) is 3.11. The number of benzene rings is 6. The summed E-state index contributed by atoms with van der Waals surface area (Å²) in [5.41, 5.74) is 29.1. The number of hydrogen-bond acceptors (Lipinski definition) is 7. The fourth-order valence-corrected chi connectivity index (χ4v) is 3.67. The molecule has 0 saturated heterocycles. The molecule has 9 N–H and O–H groups in total. The van der Waals surface area contributed by atoms with E-state index in [0.717, 1.165) is 22.5 Å². The van der Waals surface area contributed by atoms with E-state index in [1.807, 2.05) is 134 Å². The van der Waals surface area contributed by atoms with E-state index in [0.29, 0.717) is 28.3 Å². The van der Waals surface area contributed by atoms with Crippen molar-refractivity contribution in [1.82, 2.24) is 0 Å². The molecule has 0 fully saturated rings. The summed E-state index contributed by atoms with van der Waals surface area (Å²) in [7, 11) is 0. The van der Waals surface area contributed by atoms with Gasteiger partial charge < -0.3 is 28.0 Å². The van der Waals surface area contributed by atoms with E-state index in [9.17, 15) is 4.79 Å². The number of anilines is 4. The topological polar surface area (TPSA) is 166 Å². The molecular weight excluding hydrogens is 584 g/mol. The van der Waals surface area contributed by atoms with Crippen molar-refractivity contribution in [3.8, 4) is 0 Å². The summed E-state index contributed by atoms with van der Waals surface area (Å²) < 4.78 is 0. The number of hydrogen-bond donors (Lipinski definition) is 5. The summed E-state index contributed by atoms with van der Waals surface area (Å²) >= 11 is 0. The molecule has 6 rings (SSSR count). The molecule has 0 bridgehead atoms. The second kappa shape index (κ2) is 19.6. The summed E-state index contributed by atoms with van der Waals surface area (Å²) in [4.78, 5) is 18.9. The first-order chi connectivity index (χ1) is 22.8. The van der Waals surface area contributed by atoms with Crippen LogP contribution < -0.4 is 22.9 Å². The Hall–Kier alpha value is -6.67. The molecule has 0 aliphatic heterocycles. The lowest BCUT2D eigenvalue weighted by Gasteiger charge is -1.97. The van der Waals surface area contributed by atoms with Gasteiger partial charge in [0.1, 0.15) is 0 Å². The van der Waals surface area contributed by atoms with Crippen LogP contribution in [0, 0.1) is 0 Å². The maximum atomic E-state index is 10.2. The minimum Gasteiger partial charge on any atom is -0.478 e. The van der Waals surface area contributed by atoms with Crippen LogP contribution in [0.2, 0.25) is 0 Å². The molecule has 236 valence electrons. The van der Waals surface area contributed by atoms with Gasteiger partial charge in [0.15, 0.2) is 0 Å². The van der Waals surface area contributed by atoms with E-state index in [1.165, 1.54) is 0 Å². The normalized spacial score (nSPS) is 10.0. The van der Waals surface area contributed by atoms with Gasteiger partial charge in [0.05, 0.1) is 39.7 Å². The van der Waals surface area contributed by atoms with Crippen LogP contribution in [0.1, 0.15) is 21.5 Å². The Morgan fingerprint density at radius 3 is 1.02 bits per heavy atom. The number of aromatic carboxylic acids is 1. The Morgan fingerprint density at radius 1 is 0.426 bits per heavy atom. The SMILES string of the molecule is Nc1ccccc1N.Nc1ccccc1N=Cc1ccccc1.Nc1ccccc1N=Cc1ccccc1.O=C(O)c1ccccc1. The zero-order valence-corrected chi connectivity index (χ0v) is 25.8. The van der Waals surface area contributed by atoms with Crippen molar-refractivity contribution in [2.24, 2.45) is 9.98 Å². The van der Waals surface area contributed by atoms with Crippen LogP contribution >= 0.6 is 0 Å². The van der Waals surface area contributed by atoms with E-state index >= 15 is 0 Å². The molecule has 0 aliphatic rings. The van der Waals surface area contributed by atoms with Gasteiger partial charge in [0, 0.05) is 12.4 Å². The highest BCUT2D eigenvalue weighted by molar-refractivity contribution is 5.87. The molecule has 0 aromatic heterocycles. The van der Waals surface area contributed by atoms with Crippen molar-refractivity contribution in [2.75, 3.05) is 22.9 Å². The maximum absolute atomic E-state index is 10.2. The molecule has 47 heavy (non-hydrogen) atoms. The quantitative estimate of drug-likeness (QED) is 0.0958. The molecule has 0 unspecified atom stereocenters. The lowest BCUT2D eigenvalue weighted by molar-refractivity contribution is 0.0697. The van der Waals surface area contributed by atoms with E-state index in [-0.39, 0.29) is 0 Å². The first-order valence-corrected chi connectivity index (χ1v) is 14.6. The van der Waals surface area contributed by atoms with Crippen molar-refractivity contribution in [3.05, 3.63) is 180 Å². The predicted molar refractivity (Wildman–Crippen MR) is 198 cm³/mol. The first kappa shape index (κ1) is 34.8. The van der Waals surface area contributed by atoms with Gasteiger partial charge in [-0.25, -0.2) is 4.79 Å². The molecule has 0 saturated carbocycles. The summed E-state index contributed by atoms with van der Waals surface area (Å²) in [5.74, 6) is -0.879. The predicted octanol–water partition coefficient (Wildman–Crippen LogP) is 8.27. The summed E-state index contributed by atoms with van der Waals surface area (Å²) in [6, 6.07) is 50.6. The van der Waals surface area contributed by atoms with Gasteiger partial charge >= 0.3 is 5.97 Å². The summed E-state index contributed by atoms with van der Waals surface area (Å²) in [6.07, 6.45) is 3.62. The number of carbonyl (C=O) groups is 1. The number of carboxylic acid groups (broad SMARTS) is 1. The number of aliphatic imine (C=N–C) groups is 2. The number of nitrogen functional groups attached to an aromatic ring is 4. The molecule has 0 aliphatic carbocycles. The zero-order chi connectivity index (χ0) is 33.7. The van der Waals surface area contributed by atoms with E-state index in [2.05, 4.69) is 9.98 Å². The minimum absolute atomic E-state index is 0.331. The smallest absolute Gasteiger partial charge is 0.335 e. The van der Waals surface area contributed by atoms with Crippen molar-refractivity contribution in [2.45, 2.75) is 0 Å². The second-order valence-corrected chi connectivity index (χ2v) is 9.76. The summed E-state index contributed by atoms with van der Waals surface area (Å²) in [6.45, 7) is 0. The van der Waals surface area contributed by atoms with Crippen LogP contribution in [0.25, 0.3) is 0 Å². The number of nitrogens with zero attached hydrogens (tertiary/aromatic N) is 2. The Labute approximate surface area is 275 Å². The van der Waals surface area contributed by atoms with Gasteiger partial charge in [-0.3, -0.25) is 9.98 Å². The lowest BCUT2D eigenvalue weighted by atomic mass is 10.2. The van der Waals surface area contributed by atoms with Gasteiger partial charge in [0.2, 0.25) is 0 Å². The van der Waals surface area contributed by atoms with Crippen molar-refractivity contribution in [3.63, 3.8) is 0 Å². The molecular formula is C39H38N6O2. The third-order valence-corrected chi connectivity index (χ3v) is 6.19. The van der Waals surface area contributed by atoms with Gasteiger partial charge in [-0.2, -0.15) is 0 Å². The third-order valence-electron chi connectivity index (χ3n) is 6.19. The molecule has 0 radical (unpaired) electrons. The summed E-state index contributed by atoms with van der Waals surface area (Å²) in [5, 5.41) is 8.38. The highest BCUT2D eigenvalue weighted by Gasteiger charge is 1.97. The molecule has 8 heteroatoms. The number of rotatable bonds is 5. The molecule has 0 amide bonds. The molecule has 6 aromatic rings. The van der Waals surface area contributed by atoms with Gasteiger partial charge in [0.25, 0.3) is 0 Å². The number of carboxylic acids is 1. The van der Waals surface area contributed by atoms with E-state index < -0.39 is 5.97 Å². The second-order valence-electron chi connectivity index (χ2n) is 9.76. The van der Waals surface area contributed by atoms with Gasteiger partial charge in [-0.15, -0.1) is 0 Å². The zero-order valence-electron chi connectivity index (χ0n) is 25.8. The first-order valence-electron chi connectivity index (χ1n) is 14.6. The highest BCUT2D eigenvalue weighted by atomic mass is 16.4. The van der Waals surface area contributed by atoms with Crippen molar-refractivity contribution >= 4 is 52.5 Å². The Bertz CT molecular complexity index is 1730. The Kier molecular flexibility index (Phi) is 14.5. The van der Waals surface area contributed by atoms with Gasteiger partial charge in [-0.1, -0.05) is 115 Å². The van der Waals surface area contributed by atoms with Crippen LogP contribution in [0.5, 0.6) is 0 Å². The number of nitrogens with two attached hydrogens (primary N) is 4. The maximum Gasteiger partial charge on any atom is 0.335 e.